The monoisotopic (exact) mass is 311 g/mol. The van der Waals surface area contributed by atoms with E-state index in [2.05, 4.69) is 10.1 Å². The van der Waals surface area contributed by atoms with Gasteiger partial charge in [-0.2, -0.15) is 5.10 Å². The third-order valence-electron chi connectivity index (χ3n) is 3.31. The molecule has 116 valence electrons. The van der Waals surface area contributed by atoms with Crippen LogP contribution < -0.4 is 4.90 Å². The topological polar surface area (TPSA) is 93.6 Å². The first-order chi connectivity index (χ1) is 11.0. The Labute approximate surface area is 131 Å². The molecule has 0 bridgehead atoms. The summed E-state index contributed by atoms with van der Waals surface area (Å²) in [6.07, 6.45) is 3.04. The average Bonchev–Trinajstić information content (AvgIpc) is 2.86. The summed E-state index contributed by atoms with van der Waals surface area (Å²) in [7, 11) is 0. The van der Waals surface area contributed by atoms with E-state index in [-0.39, 0.29) is 17.4 Å². The Morgan fingerprint density at radius 3 is 2.78 bits per heavy atom. The van der Waals surface area contributed by atoms with Gasteiger partial charge >= 0.3 is 0 Å². The van der Waals surface area contributed by atoms with Gasteiger partial charge in [-0.1, -0.05) is 0 Å². The molecule has 8 heteroatoms. The van der Waals surface area contributed by atoms with Gasteiger partial charge in [0.1, 0.15) is 5.82 Å². The predicted octanol–water partition coefficient (Wildman–Crippen LogP) is 2.63. The van der Waals surface area contributed by atoms with Crippen LogP contribution in [-0.4, -0.2) is 25.4 Å². The minimum Gasteiger partial charge on any atom is -0.274 e. The third kappa shape index (κ3) is 2.73. The van der Waals surface area contributed by atoms with Crippen LogP contribution in [0.5, 0.6) is 0 Å². The average molecular weight is 311 g/mol. The van der Waals surface area contributed by atoms with Gasteiger partial charge in [0.2, 0.25) is 5.91 Å². The number of hydrogen-bond donors (Lipinski definition) is 0. The molecule has 0 aliphatic heterocycles. The number of nitro groups is 1. The van der Waals surface area contributed by atoms with E-state index < -0.39 is 4.92 Å². The molecule has 0 spiro atoms. The van der Waals surface area contributed by atoms with Gasteiger partial charge in [0, 0.05) is 25.4 Å². The standard InChI is InChI=1S/C15H13N5O3/c1-10-7-14-8-12(4-6-18(14)17-10)19(11(2)21)15-9-13(20(22)23)3-5-16-15/h3-9H,1-2H3. The summed E-state index contributed by atoms with van der Waals surface area (Å²) in [6, 6.07) is 7.92. The maximum absolute atomic E-state index is 12.1. The highest BCUT2D eigenvalue weighted by Crippen LogP contribution is 2.27. The zero-order valence-electron chi connectivity index (χ0n) is 12.5. The Bertz CT molecular complexity index is 918. The Balaban J connectivity index is 2.11. The van der Waals surface area contributed by atoms with Crippen molar-refractivity contribution in [2.24, 2.45) is 0 Å². The summed E-state index contributed by atoms with van der Waals surface area (Å²) >= 11 is 0. The summed E-state index contributed by atoms with van der Waals surface area (Å²) in [5, 5.41) is 15.2. The van der Waals surface area contributed by atoms with Gasteiger partial charge in [0.15, 0.2) is 0 Å². The highest BCUT2D eigenvalue weighted by atomic mass is 16.6. The van der Waals surface area contributed by atoms with E-state index in [0.717, 1.165) is 11.2 Å². The van der Waals surface area contributed by atoms with E-state index in [1.54, 1.807) is 22.8 Å². The number of carbonyl (C=O) groups is 1. The van der Waals surface area contributed by atoms with Crippen molar-refractivity contribution in [1.82, 2.24) is 14.6 Å². The summed E-state index contributed by atoms with van der Waals surface area (Å²) in [5.41, 5.74) is 2.11. The second-order valence-corrected chi connectivity index (χ2v) is 5.02. The first kappa shape index (κ1) is 14.6. The molecule has 0 fully saturated rings. The van der Waals surface area contributed by atoms with Crippen molar-refractivity contribution in [3.05, 3.63) is 58.5 Å². The van der Waals surface area contributed by atoms with Gasteiger partial charge in [-0.3, -0.25) is 19.8 Å². The summed E-state index contributed by atoms with van der Waals surface area (Å²) in [4.78, 5) is 27.9. The van der Waals surface area contributed by atoms with Crippen molar-refractivity contribution in [2.45, 2.75) is 13.8 Å². The number of nitrogens with zero attached hydrogens (tertiary/aromatic N) is 5. The van der Waals surface area contributed by atoms with Gasteiger partial charge in [-0.15, -0.1) is 0 Å². The zero-order chi connectivity index (χ0) is 16.6. The number of carbonyl (C=O) groups excluding carboxylic acids is 1. The Morgan fingerprint density at radius 1 is 1.30 bits per heavy atom. The molecule has 0 saturated heterocycles. The maximum atomic E-state index is 12.1. The zero-order valence-corrected chi connectivity index (χ0v) is 12.5. The first-order valence-corrected chi connectivity index (χ1v) is 6.83. The summed E-state index contributed by atoms with van der Waals surface area (Å²) in [5.74, 6) is -0.0918. The lowest BCUT2D eigenvalue weighted by Crippen LogP contribution is -2.23. The molecule has 0 aliphatic carbocycles. The molecule has 0 unspecified atom stereocenters. The van der Waals surface area contributed by atoms with Crippen molar-refractivity contribution in [1.29, 1.82) is 0 Å². The quantitative estimate of drug-likeness (QED) is 0.547. The summed E-state index contributed by atoms with van der Waals surface area (Å²) < 4.78 is 1.69. The van der Waals surface area contributed by atoms with Crippen molar-refractivity contribution in [3.8, 4) is 0 Å². The highest BCUT2D eigenvalue weighted by Gasteiger charge is 2.19. The molecule has 3 heterocycles. The lowest BCUT2D eigenvalue weighted by molar-refractivity contribution is -0.384. The van der Waals surface area contributed by atoms with E-state index in [9.17, 15) is 14.9 Å². The van der Waals surface area contributed by atoms with Crippen molar-refractivity contribution in [3.63, 3.8) is 0 Å². The van der Waals surface area contributed by atoms with Crippen LogP contribution in [0.3, 0.4) is 0 Å². The number of pyridine rings is 2. The number of amides is 1. The Morgan fingerprint density at radius 2 is 2.09 bits per heavy atom. The lowest BCUT2D eigenvalue weighted by Gasteiger charge is -2.20. The van der Waals surface area contributed by atoms with Gasteiger partial charge in [0.25, 0.3) is 5.69 Å². The normalized spacial score (nSPS) is 10.7. The molecule has 1 amide bonds. The van der Waals surface area contributed by atoms with Gasteiger partial charge in [-0.05, 0) is 25.1 Å². The Kier molecular flexibility index (Phi) is 3.49. The smallest absolute Gasteiger partial charge is 0.274 e. The molecule has 8 nitrogen and oxygen atoms in total. The highest BCUT2D eigenvalue weighted by molar-refractivity contribution is 5.98. The first-order valence-electron chi connectivity index (χ1n) is 6.83. The molecular weight excluding hydrogens is 298 g/mol. The molecule has 23 heavy (non-hydrogen) atoms. The molecule has 0 saturated carbocycles. The molecule has 0 aliphatic rings. The fraction of sp³-hybridized carbons (Fsp3) is 0.133. The van der Waals surface area contributed by atoms with E-state index in [4.69, 9.17) is 0 Å². The molecule has 0 N–H and O–H groups in total. The van der Waals surface area contributed by atoms with E-state index in [1.165, 1.54) is 30.2 Å². The molecule has 0 aromatic carbocycles. The number of anilines is 2. The van der Waals surface area contributed by atoms with Crippen LogP contribution in [0.25, 0.3) is 5.52 Å². The van der Waals surface area contributed by atoms with Crippen molar-refractivity contribution in [2.75, 3.05) is 4.90 Å². The number of fused-ring (bicyclic) bond motifs is 1. The van der Waals surface area contributed by atoms with Crippen LogP contribution in [0, 0.1) is 17.0 Å². The fourth-order valence-electron chi connectivity index (χ4n) is 2.37. The molecule has 0 atom stereocenters. The van der Waals surface area contributed by atoms with E-state index in [0.29, 0.717) is 5.69 Å². The number of aryl methyl sites for hydroxylation is 1. The van der Waals surface area contributed by atoms with Gasteiger partial charge < -0.3 is 0 Å². The Hall–Kier alpha value is -3.29. The van der Waals surface area contributed by atoms with Crippen molar-refractivity contribution < 1.29 is 9.72 Å². The van der Waals surface area contributed by atoms with Crippen LogP contribution in [0.1, 0.15) is 12.6 Å². The fourth-order valence-corrected chi connectivity index (χ4v) is 2.37. The minimum atomic E-state index is -0.521. The maximum Gasteiger partial charge on any atom is 0.274 e. The number of rotatable bonds is 3. The second-order valence-electron chi connectivity index (χ2n) is 5.02. The van der Waals surface area contributed by atoms with Crippen LogP contribution >= 0.6 is 0 Å². The molecule has 3 aromatic heterocycles. The van der Waals surface area contributed by atoms with Gasteiger partial charge in [-0.25, -0.2) is 9.50 Å². The third-order valence-corrected chi connectivity index (χ3v) is 3.31. The lowest BCUT2D eigenvalue weighted by atomic mass is 10.2. The minimum absolute atomic E-state index is 0.123. The number of aromatic nitrogens is 3. The molecule has 3 aromatic rings. The second kappa shape index (κ2) is 5.48. The van der Waals surface area contributed by atoms with Crippen molar-refractivity contribution >= 4 is 28.6 Å². The number of hydrogen-bond acceptors (Lipinski definition) is 5. The largest absolute Gasteiger partial charge is 0.274 e. The van der Waals surface area contributed by atoms with Crippen LogP contribution in [0.15, 0.2) is 42.7 Å². The molecule has 0 radical (unpaired) electrons. The van der Waals surface area contributed by atoms with E-state index in [1.807, 2.05) is 13.0 Å². The van der Waals surface area contributed by atoms with Crippen LogP contribution in [0.4, 0.5) is 17.2 Å². The van der Waals surface area contributed by atoms with Crippen LogP contribution in [-0.2, 0) is 4.79 Å². The summed E-state index contributed by atoms with van der Waals surface area (Å²) in [6.45, 7) is 3.25. The predicted molar refractivity (Wildman–Crippen MR) is 83.6 cm³/mol. The SMILES string of the molecule is CC(=O)N(c1ccn2nc(C)cc2c1)c1cc([N+](=O)[O-])ccn1. The van der Waals surface area contributed by atoms with Crippen LogP contribution in [0.2, 0.25) is 0 Å². The van der Waals surface area contributed by atoms with Gasteiger partial charge in [0.05, 0.1) is 27.9 Å². The molecular formula is C15H13N5O3. The van der Waals surface area contributed by atoms with E-state index >= 15 is 0 Å². The molecule has 3 rings (SSSR count).